The molecular weight excluding hydrogens is 308 g/mol. The number of anilines is 1. The molecule has 0 aliphatic heterocycles. The van der Waals surface area contributed by atoms with Crippen LogP contribution in [0.3, 0.4) is 0 Å². The van der Waals surface area contributed by atoms with Gasteiger partial charge in [-0.2, -0.15) is 0 Å². The molecule has 0 amide bonds. The van der Waals surface area contributed by atoms with E-state index in [9.17, 15) is 0 Å². The number of hydrogen-bond donors (Lipinski definition) is 1. The van der Waals surface area contributed by atoms with Gasteiger partial charge in [-0.25, -0.2) is 9.97 Å². The highest BCUT2D eigenvalue weighted by molar-refractivity contribution is 9.10. The fourth-order valence-corrected chi connectivity index (χ4v) is 2.30. The quantitative estimate of drug-likeness (QED) is 0.856. The molecule has 6 nitrogen and oxygen atoms in total. The monoisotopic (exact) mass is 322 g/mol. The Kier molecular flexibility index (Phi) is 3.46. The number of halogens is 1. The molecule has 3 rings (SSSR count). The lowest BCUT2D eigenvalue weighted by Crippen LogP contribution is -2.09. The molecule has 1 fully saturated rings. The van der Waals surface area contributed by atoms with Crippen LogP contribution in [-0.2, 0) is 13.1 Å². The summed E-state index contributed by atoms with van der Waals surface area (Å²) in [5.41, 5.74) is 0. The number of nitrogens with zero attached hydrogens (tertiary/aromatic N) is 5. The van der Waals surface area contributed by atoms with Gasteiger partial charge in [0, 0.05) is 18.5 Å². The van der Waals surface area contributed by atoms with Gasteiger partial charge in [0.1, 0.15) is 22.6 Å². The van der Waals surface area contributed by atoms with Gasteiger partial charge in [0.2, 0.25) is 0 Å². The molecule has 2 heterocycles. The molecule has 0 spiro atoms. The lowest BCUT2D eigenvalue weighted by atomic mass is 10.4. The molecule has 0 radical (unpaired) electrons. The van der Waals surface area contributed by atoms with Crippen molar-refractivity contribution in [3.05, 3.63) is 28.6 Å². The van der Waals surface area contributed by atoms with Gasteiger partial charge in [0.05, 0.1) is 6.54 Å². The predicted molar refractivity (Wildman–Crippen MR) is 74.7 cm³/mol. The van der Waals surface area contributed by atoms with Crippen LogP contribution in [0.25, 0.3) is 0 Å². The highest BCUT2D eigenvalue weighted by Crippen LogP contribution is 2.38. The molecule has 2 aromatic heterocycles. The average molecular weight is 323 g/mol. The van der Waals surface area contributed by atoms with Gasteiger partial charge in [-0.3, -0.25) is 0 Å². The third-order valence-corrected chi connectivity index (χ3v) is 3.52. The molecule has 0 saturated heterocycles. The van der Waals surface area contributed by atoms with Crippen LogP contribution < -0.4 is 5.32 Å². The minimum absolute atomic E-state index is 0.539. The lowest BCUT2D eigenvalue weighted by molar-refractivity contribution is 0.706. The second-order valence-electron chi connectivity index (χ2n) is 4.60. The first kappa shape index (κ1) is 12.5. The van der Waals surface area contributed by atoms with Crippen molar-refractivity contribution in [3.8, 4) is 0 Å². The Morgan fingerprint density at radius 3 is 3.00 bits per heavy atom. The maximum Gasteiger partial charge on any atom is 0.152 e. The van der Waals surface area contributed by atoms with E-state index in [1.54, 1.807) is 6.33 Å². The van der Waals surface area contributed by atoms with Gasteiger partial charge in [-0.1, -0.05) is 0 Å². The summed E-state index contributed by atoms with van der Waals surface area (Å²) in [5, 5.41) is 11.3. The Hall–Kier alpha value is -1.50. The third kappa shape index (κ3) is 2.91. The summed E-state index contributed by atoms with van der Waals surface area (Å²) in [5.74, 6) is 3.20. The average Bonchev–Trinajstić information content (AvgIpc) is 3.15. The molecule has 1 saturated carbocycles. The minimum Gasteiger partial charge on any atom is -0.363 e. The van der Waals surface area contributed by atoms with Crippen molar-refractivity contribution in [1.29, 1.82) is 0 Å². The second kappa shape index (κ2) is 5.24. The maximum absolute atomic E-state index is 4.54. The van der Waals surface area contributed by atoms with Crippen molar-refractivity contribution in [2.24, 2.45) is 0 Å². The van der Waals surface area contributed by atoms with E-state index in [2.05, 4.69) is 48.3 Å². The Labute approximate surface area is 119 Å². The van der Waals surface area contributed by atoms with Crippen molar-refractivity contribution in [2.45, 2.75) is 38.8 Å². The Morgan fingerprint density at radius 1 is 1.42 bits per heavy atom. The number of nitrogens with one attached hydrogen (secondary N) is 1. The van der Waals surface area contributed by atoms with E-state index in [0.717, 1.165) is 28.6 Å². The van der Waals surface area contributed by atoms with Crippen molar-refractivity contribution in [3.63, 3.8) is 0 Å². The summed E-state index contributed by atoms with van der Waals surface area (Å²) < 4.78 is 2.83. The number of rotatable bonds is 5. The van der Waals surface area contributed by atoms with E-state index < -0.39 is 0 Å². The molecule has 1 aliphatic rings. The van der Waals surface area contributed by atoms with Crippen molar-refractivity contribution < 1.29 is 0 Å². The zero-order valence-electron chi connectivity index (χ0n) is 10.7. The number of aryl methyl sites for hydroxylation is 1. The first-order valence-electron chi connectivity index (χ1n) is 6.41. The Balaban J connectivity index is 1.72. The summed E-state index contributed by atoms with van der Waals surface area (Å²) in [6.45, 7) is 3.55. The van der Waals surface area contributed by atoms with Crippen LogP contribution in [0.5, 0.6) is 0 Å². The molecule has 0 bridgehead atoms. The van der Waals surface area contributed by atoms with E-state index in [0.29, 0.717) is 12.5 Å². The van der Waals surface area contributed by atoms with Crippen molar-refractivity contribution >= 4 is 21.7 Å². The molecule has 0 aromatic carbocycles. The van der Waals surface area contributed by atoms with Crippen LogP contribution >= 0.6 is 15.9 Å². The summed E-state index contributed by atoms with van der Waals surface area (Å²) in [4.78, 5) is 8.95. The van der Waals surface area contributed by atoms with Gasteiger partial charge in [-0.15, -0.1) is 10.2 Å². The molecular formula is C12H15BrN6. The zero-order chi connectivity index (χ0) is 13.2. The van der Waals surface area contributed by atoms with Crippen LogP contribution in [0.15, 0.2) is 17.0 Å². The standard InChI is InChI=1S/C12H15BrN6/c1-2-19-7-15-18-11(19)6-14-10-5-9(13)16-12(17-10)8-3-4-8/h5,7-8H,2-4,6H2,1H3,(H,14,16,17). The van der Waals surface area contributed by atoms with E-state index >= 15 is 0 Å². The van der Waals surface area contributed by atoms with Gasteiger partial charge >= 0.3 is 0 Å². The van der Waals surface area contributed by atoms with Crippen LogP contribution in [0.2, 0.25) is 0 Å². The smallest absolute Gasteiger partial charge is 0.152 e. The normalized spacial score (nSPS) is 14.6. The molecule has 2 aromatic rings. The topological polar surface area (TPSA) is 68.5 Å². The minimum atomic E-state index is 0.539. The summed E-state index contributed by atoms with van der Waals surface area (Å²) in [6.07, 6.45) is 4.13. The first-order valence-corrected chi connectivity index (χ1v) is 7.20. The SMILES string of the molecule is CCn1cnnc1CNc1cc(Br)nc(C2CC2)n1. The van der Waals surface area contributed by atoms with Crippen molar-refractivity contribution in [1.82, 2.24) is 24.7 Å². The number of hydrogen-bond acceptors (Lipinski definition) is 5. The van der Waals surface area contributed by atoms with Gasteiger partial charge in [0.15, 0.2) is 5.82 Å². The van der Waals surface area contributed by atoms with E-state index in [1.807, 2.05) is 10.6 Å². The van der Waals surface area contributed by atoms with Crippen LogP contribution in [0, 0.1) is 0 Å². The maximum atomic E-state index is 4.54. The van der Waals surface area contributed by atoms with Crippen molar-refractivity contribution in [2.75, 3.05) is 5.32 Å². The molecule has 0 unspecified atom stereocenters. The highest BCUT2D eigenvalue weighted by atomic mass is 79.9. The third-order valence-electron chi connectivity index (χ3n) is 3.12. The molecule has 7 heteroatoms. The lowest BCUT2D eigenvalue weighted by Gasteiger charge is -2.08. The number of aromatic nitrogens is 5. The van der Waals surface area contributed by atoms with Gasteiger partial charge in [-0.05, 0) is 35.7 Å². The van der Waals surface area contributed by atoms with Crippen LogP contribution in [-0.4, -0.2) is 24.7 Å². The summed E-state index contributed by atoms with van der Waals surface area (Å²) in [7, 11) is 0. The fraction of sp³-hybridized carbons (Fsp3) is 0.500. The molecule has 100 valence electrons. The summed E-state index contributed by atoms with van der Waals surface area (Å²) >= 11 is 3.43. The van der Waals surface area contributed by atoms with Crippen LogP contribution in [0.4, 0.5) is 5.82 Å². The fourth-order valence-electron chi connectivity index (χ4n) is 1.90. The van der Waals surface area contributed by atoms with Crippen LogP contribution in [0.1, 0.15) is 37.3 Å². The molecule has 19 heavy (non-hydrogen) atoms. The second-order valence-corrected chi connectivity index (χ2v) is 5.41. The Bertz CT molecular complexity index is 577. The zero-order valence-corrected chi connectivity index (χ0v) is 12.3. The van der Waals surface area contributed by atoms with E-state index in [-0.39, 0.29) is 0 Å². The van der Waals surface area contributed by atoms with Gasteiger partial charge < -0.3 is 9.88 Å². The largest absolute Gasteiger partial charge is 0.363 e. The molecule has 0 atom stereocenters. The summed E-state index contributed by atoms with van der Waals surface area (Å²) in [6, 6.07) is 1.89. The predicted octanol–water partition coefficient (Wildman–Crippen LogP) is 2.34. The molecule has 1 N–H and O–H groups in total. The highest BCUT2D eigenvalue weighted by Gasteiger charge is 2.27. The van der Waals surface area contributed by atoms with E-state index in [1.165, 1.54) is 12.8 Å². The Morgan fingerprint density at radius 2 is 2.26 bits per heavy atom. The van der Waals surface area contributed by atoms with E-state index in [4.69, 9.17) is 0 Å². The van der Waals surface area contributed by atoms with Gasteiger partial charge in [0.25, 0.3) is 0 Å². The first-order chi connectivity index (χ1) is 9.26. The molecule has 1 aliphatic carbocycles.